The Morgan fingerprint density at radius 3 is 2.75 bits per heavy atom. The second kappa shape index (κ2) is 7.43. The van der Waals surface area contributed by atoms with Gasteiger partial charge in [0.25, 0.3) is 0 Å². The van der Waals surface area contributed by atoms with E-state index in [-0.39, 0.29) is 30.5 Å². The topological polar surface area (TPSA) is 75.2 Å². The lowest BCUT2D eigenvalue weighted by Gasteiger charge is -2.16. The molecule has 3 heterocycles. The zero-order valence-electron chi connectivity index (χ0n) is 14.4. The molecule has 0 saturated carbocycles. The Hall–Kier alpha value is -3.20. The molecule has 28 heavy (non-hydrogen) atoms. The van der Waals surface area contributed by atoms with Gasteiger partial charge in [-0.15, -0.1) is 11.3 Å². The quantitative estimate of drug-likeness (QED) is 0.728. The third-order valence-electron chi connectivity index (χ3n) is 4.35. The molecule has 1 aromatic carbocycles. The number of thiazole rings is 1. The molecule has 2 amide bonds. The standard InChI is InChI=1S/C19H14F2N4O2S/c20-13-5-14(21)7-15(6-13)25-9-12(4-17(25)26)18(27)24-19-23-16(10-28-19)11-2-1-3-22-8-11/h1-3,5-8,10,12H,4,9H2,(H,23,24,27). The fourth-order valence-electron chi connectivity index (χ4n) is 3.01. The molecule has 1 unspecified atom stereocenters. The van der Waals surface area contributed by atoms with Crippen molar-refractivity contribution in [1.29, 1.82) is 0 Å². The van der Waals surface area contributed by atoms with Gasteiger partial charge in [0, 0.05) is 48.1 Å². The first-order valence-corrected chi connectivity index (χ1v) is 9.31. The zero-order valence-corrected chi connectivity index (χ0v) is 15.2. The number of pyridine rings is 1. The largest absolute Gasteiger partial charge is 0.311 e. The minimum Gasteiger partial charge on any atom is -0.311 e. The number of carbonyl (C=O) groups excluding carboxylic acids is 2. The average molecular weight is 400 g/mol. The fraction of sp³-hybridized carbons (Fsp3) is 0.158. The van der Waals surface area contributed by atoms with Gasteiger partial charge in [0.15, 0.2) is 5.13 Å². The predicted octanol–water partition coefficient (Wildman–Crippen LogP) is 3.47. The molecule has 1 N–H and O–H groups in total. The highest BCUT2D eigenvalue weighted by Crippen LogP contribution is 2.29. The van der Waals surface area contributed by atoms with Crippen LogP contribution in [0.4, 0.5) is 19.6 Å². The summed E-state index contributed by atoms with van der Waals surface area (Å²) in [6.45, 7) is 0.0500. The predicted molar refractivity (Wildman–Crippen MR) is 101 cm³/mol. The molecule has 0 aliphatic carbocycles. The molecule has 4 rings (SSSR count). The second-order valence-corrected chi connectivity index (χ2v) is 7.16. The molecule has 1 aliphatic rings. The van der Waals surface area contributed by atoms with Gasteiger partial charge in [-0.3, -0.25) is 14.6 Å². The van der Waals surface area contributed by atoms with Crippen LogP contribution in [0.1, 0.15) is 6.42 Å². The van der Waals surface area contributed by atoms with Crippen LogP contribution in [-0.4, -0.2) is 28.3 Å². The maximum Gasteiger partial charge on any atom is 0.231 e. The van der Waals surface area contributed by atoms with E-state index in [0.717, 1.165) is 23.8 Å². The number of aromatic nitrogens is 2. The Morgan fingerprint density at radius 2 is 2.04 bits per heavy atom. The number of nitrogens with one attached hydrogen (secondary N) is 1. The van der Waals surface area contributed by atoms with Crippen LogP contribution >= 0.6 is 11.3 Å². The molecule has 1 saturated heterocycles. The Labute approximate surface area is 162 Å². The lowest BCUT2D eigenvalue weighted by Crippen LogP contribution is -2.28. The fourth-order valence-corrected chi connectivity index (χ4v) is 3.74. The molecule has 0 spiro atoms. The van der Waals surface area contributed by atoms with Crippen molar-refractivity contribution >= 4 is 34.0 Å². The molecule has 142 valence electrons. The molecule has 6 nitrogen and oxygen atoms in total. The van der Waals surface area contributed by atoms with Crippen molar-refractivity contribution < 1.29 is 18.4 Å². The summed E-state index contributed by atoms with van der Waals surface area (Å²) in [5, 5.41) is 4.92. The summed E-state index contributed by atoms with van der Waals surface area (Å²) in [6, 6.07) is 6.53. The summed E-state index contributed by atoms with van der Waals surface area (Å²) in [6.07, 6.45) is 3.29. The lowest BCUT2D eigenvalue weighted by molar-refractivity contribution is -0.122. The van der Waals surface area contributed by atoms with Crippen molar-refractivity contribution in [2.45, 2.75) is 6.42 Å². The van der Waals surface area contributed by atoms with Gasteiger partial charge in [-0.2, -0.15) is 0 Å². The van der Waals surface area contributed by atoms with E-state index in [1.54, 1.807) is 23.8 Å². The summed E-state index contributed by atoms with van der Waals surface area (Å²) in [4.78, 5) is 34.4. The van der Waals surface area contributed by atoms with Crippen LogP contribution in [0.5, 0.6) is 0 Å². The van der Waals surface area contributed by atoms with Crippen LogP contribution in [0.3, 0.4) is 0 Å². The first kappa shape index (κ1) is 18.2. The average Bonchev–Trinajstić information content (AvgIpc) is 3.28. The highest BCUT2D eigenvalue weighted by Gasteiger charge is 2.35. The van der Waals surface area contributed by atoms with Crippen molar-refractivity contribution in [1.82, 2.24) is 9.97 Å². The Balaban J connectivity index is 1.45. The summed E-state index contributed by atoms with van der Waals surface area (Å²) in [5.74, 6) is -2.91. The van der Waals surface area contributed by atoms with E-state index in [2.05, 4.69) is 15.3 Å². The van der Waals surface area contributed by atoms with E-state index < -0.39 is 17.6 Å². The number of benzene rings is 1. The highest BCUT2D eigenvalue weighted by atomic mass is 32.1. The maximum absolute atomic E-state index is 13.4. The summed E-state index contributed by atoms with van der Waals surface area (Å²) in [5.41, 5.74) is 1.62. The van der Waals surface area contributed by atoms with E-state index in [4.69, 9.17) is 0 Å². The van der Waals surface area contributed by atoms with E-state index in [0.29, 0.717) is 10.8 Å². The third kappa shape index (κ3) is 3.74. The molecule has 3 aromatic rings. The van der Waals surface area contributed by atoms with Crippen LogP contribution in [-0.2, 0) is 9.59 Å². The number of anilines is 2. The number of nitrogens with zero attached hydrogens (tertiary/aromatic N) is 3. The molecule has 2 aromatic heterocycles. The van der Waals surface area contributed by atoms with Gasteiger partial charge in [0.2, 0.25) is 11.8 Å². The number of amides is 2. The SMILES string of the molecule is O=C(Nc1nc(-c2cccnc2)cs1)C1CC(=O)N(c2cc(F)cc(F)c2)C1. The molecule has 1 atom stereocenters. The van der Waals surface area contributed by atoms with E-state index in [1.165, 1.54) is 16.2 Å². The summed E-state index contributed by atoms with van der Waals surface area (Å²) in [7, 11) is 0. The lowest BCUT2D eigenvalue weighted by atomic mass is 10.1. The molecule has 1 aliphatic heterocycles. The molecular weight excluding hydrogens is 386 g/mol. The Kier molecular flexibility index (Phi) is 4.82. The van der Waals surface area contributed by atoms with Crippen molar-refractivity contribution in [3.8, 4) is 11.3 Å². The molecular formula is C19H14F2N4O2S. The first-order valence-electron chi connectivity index (χ1n) is 8.43. The van der Waals surface area contributed by atoms with Crippen LogP contribution in [0, 0.1) is 17.6 Å². The van der Waals surface area contributed by atoms with E-state index >= 15 is 0 Å². The van der Waals surface area contributed by atoms with Gasteiger partial charge >= 0.3 is 0 Å². The summed E-state index contributed by atoms with van der Waals surface area (Å²) >= 11 is 1.26. The Bertz CT molecular complexity index is 1020. The van der Waals surface area contributed by atoms with Gasteiger partial charge in [-0.25, -0.2) is 13.8 Å². The minimum absolute atomic E-state index is 0.0369. The van der Waals surface area contributed by atoms with Crippen LogP contribution in [0.25, 0.3) is 11.3 Å². The van der Waals surface area contributed by atoms with Crippen LogP contribution in [0.2, 0.25) is 0 Å². The van der Waals surface area contributed by atoms with Gasteiger partial charge in [0.1, 0.15) is 11.6 Å². The number of hydrogen-bond donors (Lipinski definition) is 1. The monoisotopic (exact) mass is 400 g/mol. The van der Waals surface area contributed by atoms with Gasteiger partial charge in [-0.05, 0) is 24.3 Å². The number of carbonyl (C=O) groups is 2. The molecule has 0 radical (unpaired) electrons. The van der Waals surface area contributed by atoms with Gasteiger partial charge in [-0.1, -0.05) is 0 Å². The van der Waals surface area contributed by atoms with Gasteiger partial charge < -0.3 is 10.2 Å². The number of halogens is 2. The smallest absolute Gasteiger partial charge is 0.231 e. The second-order valence-electron chi connectivity index (χ2n) is 6.30. The third-order valence-corrected chi connectivity index (χ3v) is 5.10. The Morgan fingerprint density at radius 1 is 1.25 bits per heavy atom. The zero-order chi connectivity index (χ0) is 19.7. The highest BCUT2D eigenvalue weighted by molar-refractivity contribution is 7.14. The van der Waals surface area contributed by atoms with Crippen molar-refractivity contribution in [2.75, 3.05) is 16.8 Å². The van der Waals surface area contributed by atoms with Crippen LogP contribution < -0.4 is 10.2 Å². The molecule has 1 fully saturated rings. The number of hydrogen-bond acceptors (Lipinski definition) is 5. The summed E-state index contributed by atoms with van der Waals surface area (Å²) < 4.78 is 26.9. The van der Waals surface area contributed by atoms with Crippen LogP contribution in [0.15, 0.2) is 48.1 Å². The molecule has 9 heteroatoms. The van der Waals surface area contributed by atoms with Crippen molar-refractivity contribution in [3.63, 3.8) is 0 Å². The maximum atomic E-state index is 13.4. The van der Waals surface area contributed by atoms with E-state index in [1.807, 2.05) is 6.07 Å². The minimum atomic E-state index is -0.776. The normalized spacial score (nSPS) is 16.4. The number of rotatable bonds is 4. The van der Waals surface area contributed by atoms with Gasteiger partial charge in [0.05, 0.1) is 11.6 Å². The molecule has 0 bridgehead atoms. The van der Waals surface area contributed by atoms with E-state index in [9.17, 15) is 18.4 Å². The van der Waals surface area contributed by atoms with Crippen molar-refractivity contribution in [2.24, 2.45) is 5.92 Å². The first-order chi connectivity index (χ1) is 13.5. The van der Waals surface area contributed by atoms with Crippen molar-refractivity contribution in [3.05, 3.63) is 59.7 Å².